The van der Waals surface area contributed by atoms with Gasteiger partial charge in [0.2, 0.25) is 0 Å². The number of anilines is 1. The lowest BCUT2D eigenvalue weighted by Crippen LogP contribution is -2.19. The van der Waals surface area contributed by atoms with Gasteiger partial charge in [-0.1, -0.05) is 5.92 Å². The summed E-state index contributed by atoms with van der Waals surface area (Å²) in [5.41, 5.74) is 1.42. The van der Waals surface area contributed by atoms with E-state index in [2.05, 4.69) is 32.1 Å². The molecule has 2 heterocycles. The van der Waals surface area contributed by atoms with Crippen LogP contribution in [0.25, 0.3) is 16.3 Å². The number of hydrogen-bond acceptors (Lipinski definition) is 7. The van der Waals surface area contributed by atoms with Gasteiger partial charge < -0.3 is 15.2 Å². The van der Waals surface area contributed by atoms with E-state index >= 15 is 0 Å². The van der Waals surface area contributed by atoms with Crippen LogP contribution < -0.4 is 10.1 Å². The van der Waals surface area contributed by atoms with Crippen molar-refractivity contribution in [2.75, 3.05) is 25.6 Å². The molecule has 0 aliphatic rings. The number of rotatable bonds is 6. The highest BCUT2D eigenvalue weighted by Gasteiger charge is 2.06. The van der Waals surface area contributed by atoms with Gasteiger partial charge in [-0.25, -0.2) is 19.3 Å². The fraction of sp³-hybridized carbons (Fsp3) is 0.211. The first-order valence-electron chi connectivity index (χ1n) is 8.13. The predicted molar refractivity (Wildman–Crippen MR) is 105 cm³/mol. The third-order valence-electron chi connectivity index (χ3n) is 3.41. The lowest BCUT2D eigenvalue weighted by molar-refractivity contribution is 0.0842. The quantitative estimate of drug-likeness (QED) is 0.636. The van der Waals surface area contributed by atoms with Gasteiger partial charge in [0.15, 0.2) is 0 Å². The smallest absolute Gasteiger partial charge is 0.144 e. The van der Waals surface area contributed by atoms with Gasteiger partial charge in [-0.15, -0.1) is 11.3 Å². The third-order valence-corrected chi connectivity index (χ3v) is 4.40. The number of aromatic nitrogens is 3. The van der Waals surface area contributed by atoms with E-state index in [0.717, 1.165) is 15.2 Å². The van der Waals surface area contributed by atoms with E-state index in [-0.39, 0.29) is 6.61 Å². The maximum atomic E-state index is 12.3. The van der Waals surface area contributed by atoms with Crippen LogP contribution in [0.5, 0.6) is 5.75 Å². The molecule has 6 nitrogen and oxygen atoms in total. The molecular weight excluding hydrogens is 367 g/mol. The van der Waals surface area contributed by atoms with Crippen LogP contribution in [0.2, 0.25) is 0 Å². The van der Waals surface area contributed by atoms with Crippen molar-refractivity contribution in [3.63, 3.8) is 0 Å². The highest BCUT2D eigenvalue weighted by Crippen LogP contribution is 2.27. The van der Waals surface area contributed by atoms with Crippen molar-refractivity contribution in [2.45, 2.75) is 6.10 Å². The second-order valence-electron chi connectivity index (χ2n) is 5.44. The van der Waals surface area contributed by atoms with Crippen LogP contribution in [0.15, 0.2) is 36.7 Å². The van der Waals surface area contributed by atoms with E-state index in [9.17, 15) is 9.50 Å². The van der Waals surface area contributed by atoms with Gasteiger partial charge in [0, 0.05) is 7.05 Å². The van der Waals surface area contributed by atoms with Gasteiger partial charge in [0.05, 0.1) is 22.6 Å². The Morgan fingerprint density at radius 3 is 3.00 bits per heavy atom. The summed E-state index contributed by atoms with van der Waals surface area (Å²) in [5.74, 6) is 7.07. The number of benzene rings is 1. The van der Waals surface area contributed by atoms with Crippen molar-refractivity contribution in [2.24, 2.45) is 0 Å². The molecular formula is C19H17FN4O2S. The summed E-state index contributed by atoms with van der Waals surface area (Å²) < 4.78 is 18.6. The average Bonchev–Trinajstić information content (AvgIpc) is 3.11. The molecule has 138 valence electrons. The summed E-state index contributed by atoms with van der Waals surface area (Å²) in [7, 11) is 1.78. The molecule has 0 radical (unpaired) electrons. The van der Waals surface area contributed by atoms with E-state index in [0.29, 0.717) is 17.3 Å². The zero-order chi connectivity index (χ0) is 19.1. The monoisotopic (exact) mass is 384 g/mol. The molecule has 0 saturated heterocycles. The Morgan fingerprint density at radius 1 is 1.37 bits per heavy atom. The molecule has 1 aromatic carbocycles. The number of nitrogens with one attached hydrogen (secondary N) is 1. The van der Waals surface area contributed by atoms with Crippen LogP contribution in [0.4, 0.5) is 10.2 Å². The first kappa shape index (κ1) is 18.8. The van der Waals surface area contributed by atoms with Crippen LogP contribution in [-0.4, -0.2) is 46.5 Å². The molecule has 0 saturated carbocycles. The summed E-state index contributed by atoms with van der Waals surface area (Å²) in [6.45, 7) is -0.911. The molecule has 3 rings (SSSR count). The lowest BCUT2D eigenvalue weighted by atomic mass is 10.3. The standard InChI is InChI=1S/C19H17FN4O2S/c1-21-18-11-22-13(10-23-18)4-2-3-5-19-24-16-7-6-15(8-17(16)27-19)26-12-14(25)9-20/h3,5-8,10-11,14,25H,9,12H2,1H3,(H,21,23)/b5-3+. The highest BCUT2D eigenvalue weighted by molar-refractivity contribution is 7.19. The Kier molecular flexibility index (Phi) is 6.30. The topological polar surface area (TPSA) is 80.2 Å². The second-order valence-corrected chi connectivity index (χ2v) is 6.50. The number of alkyl halides is 1. The van der Waals surface area contributed by atoms with Crippen LogP contribution in [-0.2, 0) is 0 Å². The Balaban J connectivity index is 1.66. The molecule has 0 amide bonds. The molecule has 0 bridgehead atoms. The predicted octanol–water partition coefficient (Wildman–Crippen LogP) is 2.90. The SMILES string of the molecule is CNc1cnc(C#C/C=C/c2nc3ccc(OCC(O)CF)cc3s2)cn1. The maximum absolute atomic E-state index is 12.3. The third kappa shape index (κ3) is 5.23. The molecule has 0 fully saturated rings. The van der Waals surface area contributed by atoms with E-state index in [4.69, 9.17) is 4.74 Å². The van der Waals surface area contributed by atoms with Gasteiger partial charge >= 0.3 is 0 Å². The van der Waals surface area contributed by atoms with Crippen molar-refractivity contribution < 1.29 is 14.2 Å². The largest absolute Gasteiger partial charge is 0.491 e. The summed E-state index contributed by atoms with van der Waals surface area (Å²) in [4.78, 5) is 12.8. The van der Waals surface area contributed by atoms with Gasteiger partial charge in [-0.2, -0.15) is 0 Å². The number of aliphatic hydroxyl groups is 1. The number of nitrogens with zero attached hydrogens (tertiary/aromatic N) is 3. The zero-order valence-corrected chi connectivity index (χ0v) is 15.3. The average molecular weight is 384 g/mol. The number of aliphatic hydroxyl groups excluding tert-OH is 1. The molecule has 0 aliphatic carbocycles. The van der Waals surface area contributed by atoms with Crippen molar-refractivity contribution in [1.29, 1.82) is 0 Å². The molecule has 1 atom stereocenters. The lowest BCUT2D eigenvalue weighted by Gasteiger charge is -2.08. The number of thiazole rings is 1. The fourth-order valence-corrected chi connectivity index (χ4v) is 2.97. The zero-order valence-electron chi connectivity index (χ0n) is 14.5. The number of hydrogen-bond donors (Lipinski definition) is 2. The van der Waals surface area contributed by atoms with Crippen LogP contribution in [0.3, 0.4) is 0 Å². The second kappa shape index (κ2) is 9.07. The van der Waals surface area contributed by atoms with Gasteiger partial charge in [0.25, 0.3) is 0 Å². The molecule has 0 aliphatic heterocycles. The summed E-state index contributed by atoms with van der Waals surface area (Å²) in [6, 6.07) is 5.39. The molecule has 1 unspecified atom stereocenters. The number of allylic oxidation sites excluding steroid dienone is 1. The Labute approximate surface area is 159 Å². The molecule has 3 aromatic rings. The number of ether oxygens (including phenoxy) is 1. The minimum absolute atomic E-state index is 0.0820. The molecule has 27 heavy (non-hydrogen) atoms. The van der Waals surface area contributed by atoms with Crippen LogP contribution >= 0.6 is 11.3 Å². The maximum Gasteiger partial charge on any atom is 0.144 e. The van der Waals surface area contributed by atoms with Gasteiger partial charge in [-0.3, -0.25) is 0 Å². The van der Waals surface area contributed by atoms with E-state index in [1.807, 2.05) is 18.2 Å². The van der Waals surface area contributed by atoms with Crippen molar-refractivity contribution >= 4 is 33.4 Å². The van der Waals surface area contributed by atoms with Crippen LogP contribution in [0, 0.1) is 11.8 Å². The summed E-state index contributed by atoms with van der Waals surface area (Å²) in [5, 5.41) is 12.9. The highest BCUT2D eigenvalue weighted by atomic mass is 32.1. The van der Waals surface area contributed by atoms with Gasteiger partial charge in [0.1, 0.15) is 41.7 Å². The number of fused-ring (bicyclic) bond motifs is 1. The van der Waals surface area contributed by atoms with Crippen LogP contribution in [0.1, 0.15) is 10.7 Å². The normalized spacial score (nSPS) is 12.0. The Morgan fingerprint density at radius 2 is 2.26 bits per heavy atom. The first-order valence-corrected chi connectivity index (χ1v) is 8.95. The van der Waals surface area contributed by atoms with Crippen molar-refractivity contribution in [1.82, 2.24) is 15.0 Å². The van der Waals surface area contributed by atoms with Crippen molar-refractivity contribution in [3.05, 3.63) is 47.4 Å². The Hall–Kier alpha value is -3.02. The van der Waals surface area contributed by atoms with Gasteiger partial charge in [-0.05, 0) is 36.3 Å². The molecule has 2 aromatic heterocycles. The number of halogens is 1. The summed E-state index contributed by atoms with van der Waals surface area (Å²) >= 11 is 1.48. The Bertz CT molecular complexity index is 992. The van der Waals surface area contributed by atoms with E-state index < -0.39 is 12.8 Å². The fourth-order valence-electron chi connectivity index (χ4n) is 2.07. The van der Waals surface area contributed by atoms with Crippen molar-refractivity contribution in [3.8, 4) is 17.6 Å². The van der Waals surface area contributed by atoms with E-state index in [1.165, 1.54) is 11.3 Å². The first-order chi connectivity index (χ1) is 13.2. The minimum atomic E-state index is -1.11. The molecule has 0 spiro atoms. The minimum Gasteiger partial charge on any atom is -0.491 e. The van der Waals surface area contributed by atoms with E-state index in [1.54, 1.807) is 31.6 Å². The molecule has 2 N–H and O–H groups in total. The summed E-state index contributed by atoms with van der Waals surface area (Å²) in [6.07, 6.45) is 5.64. The molecule has 8 heteroatoms.